The summed E-state index contributed by atoms with van der Waals surface area (Å²) in [6.07, 6.45) is 0. The number of aryl methyl sites for hydroxylation is 1. The van der Waals surface area contributed by atoms with Gasteiger partial charge in [-0.3, -0.25) is 0 Å². The molecule has 19 heavy (non-hydrogen) atoms. The molecule has 0 amide bonds. The van der Waals surface area contributed by atoms with Crippen LogP contribution in [0.4, 0.5) is 4.39 Å². The van der Waals surface area contributed by atoms with Crippen molar-refractivity contribution in [3.8, 4) is 5.75 Å². The van der Waals surface area contributed by atoms with Crippen LogP contribution < -0.4 is 0 Å². The van der Waals surface area contributed by atoms with E-state index in [9.17, 15) is 19.4 Å². The SMILES string of the molecule is Cc1oc2cc(F)c(O)c(CN(C)C)c2c1C(=O)O. The van der Waals surface area contributed by atoms with E-state index in [4.69, 9.17) is 4.42 Å². The lowest BCUT2D eigenvalue weighted by Crippen LogP contribution is -2.12. The van der Waals surface area contributed by atoms with Gasteiger partial charge in [0.15, 0.2) is 11.6 Å². The highest BCUT2D eigenvalue weighted by Gasteiger charge is 2.24. The fraction of sp³-hybridized carbons (Fsp3) is 0.308. The molecule has 0 aliphatic heterocycles. The molecule has 5 nitrogen and oxygen atoms in total. The Hall–Kier alpha value is -2.08. The Morgan fingerprint density at radius 2 is 2.11 bits per heavy atom. The van der Waals surface area contributed by atoms with Crippen molar-refractivity contribution in [1.82, 2.24) is 4.90 Å². The molecular weight excluding hydrogens is 253 g/mol. The summed E-state index contributed by atoms with van der Waals surface area (Å²) in [7, 11) is 3.48. The minimum atomic E-state index is -1.16. The number of phenolic OH excluding ortho intramolecular Hbond substituents is 1. The van der Waals surface area contributed by atoms with E-state index < -0.39 is 17.5 Å². The minimum Gasteiger partial charge on any atom is -0.505 e. The number of phenols is 1. The zero-order valence-electron chi connectivity index (χ0n) is 10.8. The van der Waals surface area contributed by atoms with Crippen LogP contribution in [0.1, 0.15) is 21.7 Å². The van der Waals surface area contributed by atoms with E-state index >= 15 is 0 Å². The number of hydrogen-bond donors (Lipinski definition) is 2. The number of halogens is 1. The molecule has 0 spiro atoms. The van der Waals surface area contributed by atoms with Crippen LogP contribution in [0, 0.1) is 12.7 Å². The topological polar surface area (TPSA) is 73.9 Å². The fourth-order valence-electron chi connectivity index (χ4n) is 2.14. The van der Waals surface area contributed by atoms with Gasteiger partial charge in [0.2, 0.25) is 0 Å². The molecule has 2 rings (SSSR count). The number of benzene rings is 1. The highest BCUT2D eigenvalue weighted by molar-refractivity contribution is 6.05. The Labute approximate surface area is 108 Å². The molecule has 0 atom stereocenters. The summed E-state index contributed by atoms with van der Waals surface area (Å²) in [6, 6.07) is 1.00. The zero-order valence-corrected chi connectivity index (χ0v) is 10.8. The molecule has 6 heteroatoms. The number of furan rings is 1. The quantitative estimate of drug-likeness (QED) is 0.892. The number of nitrogens with zero attached hydrogens (tertiary/aromatic N) is 1. The average Bonchev–Trinajstić information content (AvgIpc) is 2.60. The largest absolute Gasteiger partial charge is 0.505 e. The van der Waals surface area contributed by atoms with Crippen molar-refractivity contribution in [2.75, 3.05) is 14.1 Å². The summed E-state index contributed by atoms with van der Waals surface area (Å²) < 4.78 is 18.9. The van der Waals surface area contributed by atoms with Crippen LogP contribution >= 0.6 is 0 Å². The van der Waals surface area contributed by atoms with Crippen LogP contribution in [0.15, 0.2) is 10.5 Å². The Bertz CT molecular complexity index is 660. The van der Waals surface area contributed by atoms with Crippen molar-refractivity contribution >= 4 is 16.9 Å². The number of fused-ring (bicyclic) bond motifs is 1. The maximum Gasteiger partial charge on any atom is 0.339 e. The van der Waals surface area contributed by atoms with Crippen LogP contribution in [0.3, 0.4) is 0 Å². The lowest BCUT2D eigenvalue weighted by molar-refractivity contribution is 0.0697. The number of carboxylic acid groups (broad SMARTS) is 1. The predicted molar refractivity (Wildman–Crippen MR) is 66.9 cm³/mol. The van der Waals surface area contributed by atoms with Crippen molar-refractivity contribution in [3.05, 3.63) is 28.8 Å². The van der Waals surface area contributed by atoms with Crippen molar-refractivity contribution in [2.45, 2.75) is 13.5 Å². The smallest absolute Gasteiger partial charge is 0.339 e. The summed E-state index contributed by atoms with van der Waals surface area (Å²) in [6.45, 7) is 1.71. The monoisotopic (exact) mass is 267 g/mol. The predicted octanol–water partition coefficient (Wildman–Crippen LogP) is 2.35. The third-order valence-electron chi connectivity index (χ3n) is 2.87. The molecule has 102 valence electrons. The molecule has 2 aromatic rings. The van der Waals surface area contributed by atoms with E-state index in [0.29, 0.717) is 0 Å². The van der Waals surface area contributed by atoms with Gasteiger partial charge in [-0.05, 0) is 21.0 Å². The summed E-state index contributed by atoms with van der Waals surface area (Å²) in [5.41, 5.74) is 0.304. The molecule has 1 aromatic heterocycles. The second-order valence-electron chi connectivity index (χ2n) is 4.63. The zero-order chi connectivity index (χ0) is 14.3. The fourth-order valence-corrected chi connectivity index (χ4v) is 2.14. The van der Waals surface area contributed by atoms with Crippen LogP contribution in [0.5, 0.6) is 5.75 Å². The number of carboxylic acids is 1. The Morgan fingerprint density at radius 3 is 2.63 bits per heavy atom. The first-order chi connectivity index (χ1) is 8.82. The Kier molecular flexibility index (Phi) is 3.20. The van der Waals surface area contributed by atoms with E-state index in [1.54, 1.807) is 19.0 Å². The normalized spacial score (nSPS) is 11.4. The van der Waals surface area contributed by atoms with Crippen LogP contribution in [0.2, 0.25) is 0 Å². The molecule has 0 aliphatic rings. The average molecular weight is 267 g/mol. The van der Waals surface area contributed by atoms with Gasteiger partial charge in [0.05, 0.1) is 0 Å². The Balaban J connectivity index is 2.88. The lowest BCUT2D eigenvalue weighted by atomic mass is 10.0. The lowest BCUT2D eigenvalue weighted by Gasteiger charge is -2.13. The molecule has 1 heterocycles. The third kappa shape index (κ3) is 2.15. The molecule has 0 saturated carbocycles. The molecule has 1 aromatic carbocycles. The minimum absolute atomic E-state index is 0.0397. The van der Waals surface area contributed by atoms with E-state index in [2.05, 4.69) is 0 Å². The maximum atomic E-state index is 13.6. The third-order valence-corrected chi connectivity index (χ3v) is 2.87. The molecule has 0 radical (unpaired) electrons. The van der Waals surface area contributed by atoms with Crippen LogP contribution in [-0.2, 0) is 6.54 Å². The number of hydrogen-bond acceptors (Lipinski definition) is 4. The molecule has 2 N–H and O–H groups in total. The molecule has 0 aliphatic carbocycles. The van der Waals surface area contributed by atoms with Gasteiger partial charge in [-0.25, -0.2) is 9.18 Å². The van der Waals surface area contributed by atoms with Crippen molar-refractivity contribution in [3.63, 3.8) is 0 Å². The van der Waals surface area contributed by atoms with Gasteiger partial charge < -0.3 is 19.5 Å². The van der Waals surface area contributed by atoms with Crippen molar-refractivity contribution in [2.24, 2.45) is 0 Å². The standard InChI is InChI=1S/C13H14FNO4/c1-6-10(13(17)18)11-7(5-15(2)3)12(16)8(14)4-9(11)19-6/h4,16H,5H2,1-3H3,(H,17,18). The van der Waals surface area contributed by atoms with Crippen LogP contribution in [0.25, 0.3) is 11.0 Å². The van der Waals surface area contributed by atoms with Gasteiger partial charge in [-0.15, -0.1) is 0 Å². The molecule has 0 fully saturated rings. The highest BCUT2D eigenvalue weighted by Crippen LogP contribution is 2.36. The second-order valence-corrected chi connectivity index (χ2v) is 4.63. The molecular formula is C13H14FNO4. The van der Waals surface area contributed by atoms with E-state index in [-0.39, 0.29) is 34.4 Å². The van der Waals surface area contributed by atoms with E-state index in [0.717, 1.165) is 6.07 Å². The van der Waals surface area contributed by atoms with Gasteiger partial charge in [0.25, 0.3) is 0 Å². The number of rotatable bonds is 3. The van der Waals surface area contributed by atoms with Gasteiger partial charge in [-0.2, -0.15) is 0 Å². The number of aromatic hydroxyl groups is 1. The molecule has 0 saturated heterocycles. The summed E-state index contributed by atoms with van der Waals surface area (Å²) >= 11 is 0. The first-order valence-electron chi connectivity index (χ1n) is 5.64. The first-order valence-corrected chi connectivity index (χ1v) is 5.64. The van der Waals surface area contributed by atoms with Crippen molar-refractivity contribution < 1.29 is 23.8 Å². The van der Waals surface area contributed by atoms with Gasteiger partial charge in [0.1, 0.15) is 16.9 Å². The first kappa shape index (κ1) is 13.4. The highest BCUT2D eigenvalue weighted by atomic mass is 19.1. The van der Waals surface area contributed by atoms with Gasteiger partial charge >= 0.3 is 5.97 Å². The van der Waals surface area contributed by atoms with E-state index in [1.165, 1.54) is 6.92 Å². The summed E-state index contributed by atoms with van der Waals surface area (Å²) in [5, 5.41) is 19.3. The summed E-state index contributed by atoms with van der Waals surface area (Å²) in [5.74, 6) is -2.34. The van der Waals surface area contributed by atoms with E-state index in [1.807, 2.05) is 0 Å². The number of aromatic carboxylic acids is 1. The second kappa shape index (κ2) is 4.55. The van der Waals surface area contributed by atoms with Crippen LogP contribution in [-0.4, -0.2) is 35.2 Å². The molecule has 0 bridgehead atoms. The van der Waals surface area contributed by atoms with Gasteiger partial charge in [0, 0.05) is 23.6 Å². The maximum absolute atomic E-state index is 13.6. The van der Waals surface area contributed by atoms with Crippen molar-refractivity contribution in [1.29, 1.82) is 0 Å². The molecule has 0 unspecified atom stereocenters. The van der Waals surface area contributed by atoms with Gasteiger partial charge in [-0.1, -0.05) is 0 Å². The Morgan fingerprint density at radius 1 is 1.47 bits per heavy atom. The summed E-state index contributed by atoms with van der Waals surface area (Å²) in [4.78, 5) is 13.0. The number of carbonyl (C=O) groups is 1.